The topological polar surface area (TPSA) is 72.5 Å². The van der Waals surface area contributed by atoms with E-state index in [2.05, 4.69) is 32.0 Å². The van der Waals surface area contributed by atoms with Gasteiger partial charge in [0, 0.05) is 55.9 Å². The molecule has 3 N–H and O–H groups in total. The maximum Gasteiger partial charge on any atom is 0.272 e. The molecule has 2 aromatic rings. The van der Waals surface area contributed by atoms with Crippen molar-refractivity contribution in [3.05, 3.63) is 59.9 Å². The summed E-state index contributed by atoms with van der Waals surface area (Å²) < 4.78 is 0. The summed E-state index contributed by atoms with van der Waals surface area (Å²) in [5.74, 6) is 0.935. The number of amides is 1. The normalized spacial score (nSPS) is 21.8. The van der Waals surface area contributed by atoms with Gasteiger partial charge in [-0.15, -0.1) is 0 Å². The lowest BCUT2D eigenvalue weighted by Crippen LogP contribution is -2.44. The first-order valence-corrected chi connectivity index (χ1v) is 8.89. The highest BCUT2D eigenvalue weighted by atomic mass is 16.2. The number of hydrogen-bond acceptors (Lipinski definition) is 6. The van der Waals surface area contributed by atoms with Crippen LogP contribution in [0.3, 0.4) is 0 Å². The van der Waals surface area contributed by atoms with Gasteiger partial charge in [0.25, 0.3) is 5.91 Å². The number of carbonyl (C=O) groups is 1. The maximum absolute atomic E-state index is 12.8. The molecule has 0 saturated carbocycles. The van der Waals surface area contributed by atoms with Crippen molar-refractivity contribution < 1.29 is 4.79 Å². The average molecular weight is 348 g/mol. The Morgan fingerprint density at radius 1 is 1.12 bits per heavy atom. The molecule has 1 atom stereocenters. The summed E-state index contributed by atoms with van der Waals surface area (Å²) in [5, 5.41) is 8.25. The number of fused-ring (bicyclic) bond motifs is 3. The summed E-state index contributed by atoms with van der Waals surface area (Å²) >= 11 is 0. The number of anilines is 3. The van der Waals surface area contributed by atoms with Crippen molar-refractivity contribution in [2.75, 3.05) is 41.4 Å². The standard InChI is InChI=1S/C19H20N6O/c26-19-15-12-21-16-10-17(24-8-6-20-7-9-24)22-11-14(16)18(15)23-25(19)13-4-2-1-3-5-13/h1-5,10-12,18,20-21,23H,6-9H2. The first-order chi connectivity index (χ1) is 12.8. The van der Waals surface area contributed by atoms with E-state index in [1.54, 1.807) is 5.01 Å². The Morgan fingerprint density at radius 2 is 1.92 bits per heavy atom. The number of hydrazine groups is 1. The van der Waals surface area contributed by atoms with Crippen LogP contribution in [-0.2, 0) is 4.79 Å². The molecule has 2 saturated heterocycles. The van der Waals surface area contributed by atoms with Crippen LogP contribution in [0.4, 0.5) is 17.2 Å². The first kappa shape index (κ1) is 15.4. The van der Waals surface area contributed by atoms with Gasteiger partial charge in [-0.25, -0.2) is 15.4 Å². The Morgan fingerprint density at radius 3 is 2.73 bits per heavy atom. The van der Waals surface area contributed by atoms with Gasteiger partial charge >= 0.3 is 0 Å². The number of carbonyl (C=O) groups excluding carboxylic acids is 1. The van der Waals surface area contributed by atoms with E-state index in [1.165, 1.54) is 0 Å². The molecule has 3 aliphatic rings. The molecule has 7 heteroatoms. The van der Waals surface area contributed by atoms with E-state index in [0.29, 0.717) is 5.57 Å². The summed E-state index contributed by atoms with van der Waals surface area (Å²) in [4.78, 5) is 19.7. The second kappa shape index (κ2) is 6.12. The Bertz CT molecular complexity index is 875. The summed E-state index contributed by atoms with van der Waals surface area (Å²) in [6, 6.07) is 11.5. The number of hydrogen-bond donors (Lipinski definition) is 3. The quantitative estimate of drug-likeness (QED) is 0.762. The van der Waals surface area contributed by atoms with Crippen LogP contribution in [0.15, 0.2) is 54.4 Å². The molecule has 0 radical (unpaired) electrons. The van der Waals surface area contributed by atoms with E-state index in [0.717, 1.165) is 48.9 Å². The zero-order valence-electron chi connectivity index (χ0n) is 14.3. The van der Waals surface area contributed by atoms with Gasteiger partial charge in [0.2, 0.25) is 0 Å². The predicted molar refractivity (Wildman–Crippen MR) is 101 cm³/mol. The molecule has 0 bridgehead atoms. The molecule has 0 spiro atoms. The molecule has 2 fully saturated rings. The van der Waals surface area contributed by atoms with E-state index in [1.807, 2.05) is 42.7 Å². The zero-order chi connectivity index (χ0) is 17.5. The SMILES string of the molecule is O=C1C2=CNc3cc(N4CCNCC4)ncc3C2NN1c1ccccc1. The van der Waals surface area contributed by atoms with E-state index >= 15 is 0 Å². The second-order valence-electron chi connectivity index (χ2n) is 6.65. The van der Waals surface area contributed by atoms with E-state index < -0.39 is 0 Å². The van der Waals surface area contributed by atoms with E-state index in [-0.39, 0.29) is 11.9 Å². The molecule has 5 rings (SSSR count). The Labute approximate surface area is 151 Å². The van der Waals surface area contributed by atoms with E-state index in [4.69, 9.17) is 0 Å². The van der Waals surface area contributed by atoms with Gasteiger partial charge in [0.1, 0.15) is 5.82 Å². The van der Waals surface area contributed by atoms with Crippen molar-refractivity contribution in [3.63, 3.8) is 0 Å². The fourth-order valence-electron chi connectivity index (χ4n) is 3.69. The van der Waals surface area contributed by atoms with Gasteiger partial charge in [-0.3, -0.25) is 4.79 Å². The van der Waals surface area contributed by atoms with Crippen molar-refractivity contribution in [1.29, 1.82) is 0 Å². The summed E-state index contributed by atoms with van der Waals surface area (Å²) in [6.45, 7) is 3.85. The molecule has 132 valence electrons. The van der Waals surface area contributed by atoms with Gasteiger partial charge in [-0.2, -0.15) is 0 Å². The van der Waals surface area contributed by atoms with Crippen LogP contribution in [0.5, 0.6) is 0 Å². The third kappa shape index (κ3) is 2.44. The molecule has 1 amide bonds. The van der Waals surface area contributed by atoms with Gasteiger partial charge < -0.3 is 15.5 Å². The number of nitrogens with zero attached hydrogens (tertiary/aromatic N) is 3. The molecule has 7 nitrogen and oxygen atoms in total. The number of pyridine rings is 1. The monoisotopic (exact) mass is 348 g/mol. The van der Waals surface area contributed by atoms with Gasteiger partial charge in [-0.1, -0.05) is 18.2 Å². The highest BCUT2D eigenvalue weighted by molar-refractivity contribution is 6.09. The number of piperazine rings is 1. The smallest absolute Gasteiger partial charge is 0.272 e. The molecular weight excluding hydrogens is 328 g/mol. The summed E-state index contributed by atoms with van der Waals surface area (Å²) in [7, 11) is 0. The van der Waals surface area contributed by atoms with Gasteiger partial charge in [-0.05, 0) is 12.1 Å². The minimum absolute atomic E-state index is 0.0365. The second-order valence-corrected chi connectivity index (χ2v) is 6.65. The molecule has 26 heavy (non-hydrogen) atoms. The zero-order valence-corrected chi connectivity index (χ0v) is 14.3. The first-order valence-electron chi connectivity index (χ1n) is 8.89. The molecular formula is C19H20N6O. The molecule has 4 heterocycles. The van der Waals surface area contributed by atoms with E-state index in [9.17, 15) is 4.79 Å². The van der Waals surface area contributed by atoms with Gasteiger partial charge in [0.15, 0.2) is 0 Å². The fourth-order valence-corrected chi connectivity index (χ4v) is 3.69. The number of para-hydroxylation sites is 1. The van der Waals surface area contributed by atoms with Crippen molar-refractivity contribution in [3.8, 4) is 0 Å². The summed E-state index contributed by atoms with van der Waals surface area (Å²) in [6.07, 6.45) is 3.69. The third-order valence-electron chi connectivity index (χ3n) is 5.09. The molecule has 1 aromatic heterocycles. The fraction of sp³-hybridized carbons (Fsp3) is 0.263. The van der Waals surface area contributed by atoms with Crippen molar-refractivity contribution in [2.24, 2.45) is 0 Å². The Hall–Kier alpha value is -2.90. The van der Waals surface area contributed by atoms with Crippen LogP contribution >= 0.6 is 0 Å². The van der Waals surface area contributed by atoms with Gasteiger partial charge in [0.05, 0.1) is 17.3 Å². The van der Waals surface area contributed by atoms with Crippen LogP contribution in [0.2, 0.25) is 0 Å². The number of benzene rings is 1. The lowest BCUT2D eigenvalue weighted by Gasteiger charge is -2.30. The van der Waals surface area contributed by atoms with Crippen LogP contribution in [0.25, 0.3) is 0 Å². The van der Waals surface area contributed by atoms with Crippen molar-refractivity contribution in [1.82, 2.24) is 15.7 Å². The Kier molecular flexibility index (Phi) is 3.62. The predicted octanol–water partition coefficient (Wildman–Crippen LogP) is 1.39. The average Bonchev–Trinajstić information content (AvgIpc) is 3.06. The highest BCUT2D eigenvalue weighted by Gasteiger charge is 2.39. The maximum atomic E-state index is 12.8. The summed E-state index contributed by atoms with van der Waals surface area (Å²) in [5.41, 5.74) is 6.86. The third-order valence-corrected chi connectivity index (χ3v) is 5.09. The number of nitrogens with one attached hydrogen (secondary N) is 3. The lowest BCUT2D eigenvalue weighted by atomic mass is 9.98. The molecule has 0 aliphatic carbocycles. The highest BCUT2D eigenvalue weighted by Crippen LogP contribution is 2.39. The number of aromatic nitrogens is 1. The molecule has 3 aliphatic heterocycles. The number of rotatable bonds is 2. The molecule has 1 aromatic carbocycles. The van der Waals surface area contributed by atoms with Crippen LogP contribution in [-0.4, -0.2) is 37.1 Å². The van der Waals surface area contributed by atoms with Crippen molar-refractivity contribution in [2.45, 2.75) is 6.04 Å². The van der Waals surface area contributed by atoms with Crippen LogP contribution in [0.1, 0.15) is 11.6 Å². The van der Waals surface area contributed by atoms with Crippen molar-refractivity contribution >= 4 is 23.1 Å². The molecule has 1 unspecified atom stereocenters. The van der Waals surface area contributed by atoms with Crippen LogP contribution in [0, 0.1) is 0 Å². The lowest BCUT2D eigenvalue weighted by molar-refractivity contribution is -0.114. The largest absolute Gasteiger partial charge is 0.361 e. The Balaban J connectivity index is 1.45. The van der Waals surface area contributed by atoms with Crippen LogP contribution < -0.4 is 26.0 Å². The minimum Gasteiger partial charge on any atom is -0.361 e. The minimum atomic E-state index is -0.177.